The van der Waals surface area contributed by atoms with Crippen LogP contribution in [-0.2, 0) is 12.8 Å². The predicted octanol–water partition coefficient (Wildman–Crippen LogP) is 2.55. The molecule has 21 heavy (non-hydrogen) atoms. The Kier molecular flexibility index (Phi) is 2.82. The van der Waals surface area contributed by atoms with Crippen LogP contribution in [0.15, 0.2) is 21.3 Å². The number of aryl methyl sites for hydroxylation is 2. The van der Waals surface area contributed by atoms with Crippen molar-refractivity contribution in [3.05, 3.63) is 39.2 Å². The summed E-state index contributed by atoms with van der Waals surface area (Å²) in [5.41, 5.74) is 4.49. The molecule has 4 rings (SSSR count). The van der Waals surface area contributed by atoms with E-state index in [2.05, 4.69) is 11.0 Å². The maximum Gasteiger partial charge on any atom is 0.342 e. The van der Waals surface area contributed by atoms with Gasteiger partial charge >= 0.3 is 5.63 Å². The summed E-state index contributed by atoms with van der Waals surface area (Å²) < 4.78 is 5.58. The third-order valence-corrected chi connectivity index (χ3v) is 4.69. The van der Waals surface area contributed by atoms with Crippen LogP contribution in [-0.4, -0.2) is 18.2 Å². The van der Waals surface area contributed by atoms with E-state index in [0.29, 0.717) is 5.56 Å². The molecule has 0 aliphatic carbocycles. The number of benzene rings is 1. The number of aliphatic hydroxyl groups is 1. The Balaban J connectivity index is 2.05. The Labute approximate surface area is 123 Å². The summed E-state index contributed by atoms with van der Waals surface area (Å²) in [6.45, 7) is 3.80. The first-order valence-electron chi connectivity index (χ1n) is 7.70. The van der Waals surface area contributed by atoms with Crippen LogP contribution in [0.1, 0.15) is 42.6 Å². The van der Waals surface area contributed by atoms with E-state index in [4.69, 9.17) is 4.42 Å². The summed E-state index contributed by atoms with van der Waals surface area (Å²) >= 11 is 0. The zero-order chi connectivity index (χ0) is 14.6. The van der Waals surface area contributed by atoms with Crippen molar-refractivity contribution in [2.45, 2.75) is 38.7 Å². The normalized spacial score (nSPS) is 18.7. The number of anilines is 1. The zero-order valence-corrected chi connectivity index (χ0v) is 12.2. The molecule has 0 bridgehead atoms. The molecule has 4 heteroatoms. The van der Waals surface area contributed by atoms with Crippen LogP contribution < -0.4 is 10.5 Å². The van der Waals surface area contributed by atoms with Crippen LogP contribution in [0.3, 0.4) is 0 Å². The van der Waals surface area contributed by atoms with Gasteiger partial charge in [-0.2, -0.15) is 0 Å². The van der Waals surface area contributed by atoms with Crippen LogP contribution in [0.2, 0.25) is 0 Å². The van der Waals surface area contributed by atoms with Gasteiger partial charge in [-0.15, -0.1) is 0 Å². The first kappa shape index (κ1) is 12.9. The molecular weight excluding hydrogens is 266 g/mol. The van der Waals surface area contributed by atoms with Crippen molar-refractivity contribution in [2.75, 3.05) is 18.0 Å². The van der Waals surface area contributed by atoms with Crippen molar-refractivity contribution < 1.29 is 9.52 Å². The van der Waals surface area contributed by atoms with Gasteiger partial charge in [0.1, 0.15) is 5.58 Å². The van der Waals surface area contributed by atoms with E-state index >= 15 is 0 Å². The van der Waals surface area contributed by atoms with Gasteiger partial charge in [0.25, 0.3) is 0 Å². The van der Waals surface area contributed by atoms with Crippen molar-refractivity contribution >= 4 is 16.7 Å². The average Bonchev–Trinajstić information content (AvgIpc) is 2.48. The molecule has 1 unspecified atom stereocenters. The fourth-order valence-corrected chi connectivity index (χ4v) is 3.75. The van der Waals surface area contributed by atoms with Crippen molar-refractivity contribution in [1.82, 2.24) is 0 Å². The SMILES string of the molecule is CC(O)c1cc2cc3c4c(c2oc1=O)CCCN4CCC3. The molecule has 2 aromatic rings. The smallest absolute Gasteiger partial charge is 0.342 e. The lowest BCUT2D eigenvalue weighted by molar-refractivity contribution is 0.194. The Morgan fingerprint density at radius 2 is 2.00 bits per heavy atom. The van der Waals surface area contributed by atoms with E-state index in [1.807, 2.05) is 0 Å². The van der Waals surface area contributed by atoms with E-state index < -0.39 is 11.7 Å². The number of rotatable bonds is 1. The molecule has 0 fully saturated rings. The second kappa shape index (κ2) is 4.60. The third kappa shape index (κ3) is 1.89. The van der Waals surface area contributed by atoms with Crippen molar-refractivity contribution in [3.63, 3.8) is 0 Å². The highest BCUT2D eigenvalue weighted by Crippen LogP contribution is 2.39. The fourth-order valence-electron chi connectivity index (χ4n) is 3.75. The number of hydrogen-bond donors (Lipinski definition) is 1. The van der Waals surface area contributed by atoms with E-state index in [0.717, 1.165) is 43.3 Å². The lowest BCUT2D eigenvalue weighted by Gasteiger charge is -2.37. The Morgan fingerprint density at radius 3 is 2.76 bits per heavy atom. The second-order valence-corrected chi connectivity index (χ2v) is 6.14. The van der Waals surface area contributed by atoms with Gasteiger partial charge in [-0.1, -0.05) is 0 Å². The summed E-state index contributed by atoms with van der Waals surface area (Å²) in [4.78, 5) is 14.5. The molecule has 1 atom stereocenters. The van der Waals surface area contributed by atoms with Gasteiger partial charge in [0, 0.05) is 29.7 Å². The van der Waals surface area contributed by atoms with Crippen molar-refractivity contribution in [2.24, 2.45) is 0 Å². The quantitative estimate of drug-likeness (QED) is 0.818. The summed E-state index contributed by atoms with van der Waals surface area (Å²) in [7, 11) is 0. The molecule has 0 saturated heterocycles. The maximum absolute atomic E-state index is 12.1. The molecule has 1 aromatic carbocycles. The third-order valence-electron chi connectivity index (χ3n) is 4.69. The second-order valence-electron chi connectivity index (χ2n) is 6.14. The highest BCUT2D eigenvalue weighted by molar-refractivity contribution is 5.88. The molecule has 0 amide bonds. The van der Waals surface area contributed by atoms with Crippen molar-refractivity contribution in [3.8, 4) is 0 Å². The van der Waals surface area contributed by atoms with Crippen LogP contribution >= 0.6 is 0 Å². The fraction of sp³-hybridized carbons (Fsp3) is 0.471. The molecular formula is C17H19NO3. The van der Waals surface area contributed by atoms with Gasteiger partial charge < -0.3 is 14.4 Å². The lowest BCUT2D eigenvalue weighted by atomic mass is 9.90. The monoisotopic (exact) mass is 285 g/mol. The van der Waals surface area contributed by atoms with Gasteiger partial charge in [-0.05, 0) is 50.3 Å². The van der Waals surface area contributed by atoms with E-state index in [-0.39, 0.29) is 0 Å². The Bertz CT molecular complexity index is 774. The minimum atomic E-state index is -0.797. The molecule has 1 aromatic heterocycles. The highest BCUT2D eigenvalue weighted by Gasteiger charge is 2.27. The number of hydrogen-bond acceptors (Lipinski definition) is 4. The van der Waals surface area contributed by atoms with Crippen LogP contribution in [0.4, 0.5) is 5.69 Å². The van der Waals surface area contributed by atoms with E-state index in [1.165, 1.54) is 23.2 Å². The summed E-state index contributed by atoms with van der Waals surface area (Å²) in [6.07, 6.45) is 3.53. The standard InChI is InChI=1S/C17H19NO3/c1-10(19)14-9-12-8-11-4-2-6-18-7-3-5-13(15(11)18)16(12)21-17(14)20/h8-10,19H,2-7H2,1H3. The first-order valence-corrected chi connectivity index (χ1v) is 7.70. The molecule has 0 saturated carbocycles. The number of fused-ring (bicyclic) bond motifs is 2. The van der Waals surface area contributed by atoms with Crippen LogP contribution in [0.5, 0.6) is 0 Å². The Hall–Kier alpha value is -1.81. The molecule has 0 radical (unpaired) electrons. The van der Waals surface area contributed by atoms with Gasteiger partial charge in [0.2, 0.25) is 0 Å². The van der Waals surface area contributed by atoms with Gasteiger partial charge in [-0.25, -0.2) is 4.79 Å². The zero-order valence-electron chi connectivity index (χ0n) is 12.2. The minimum absolute atomic E-state index is 0.345. The topological polar surface area (TPSA) is 53.7 Å². The molecule has 0 spiro atoms. The number of aliphatic hydroxyl groups excluding tert-OH is 1. The summed E-state index contributed by atoms with van der Waals surface area (Å²) in [5, 5.41) is 10.7. The van der Waals surface area contributed by atoms with Gasteiger partial charge in [-0.3, -0.25) is 0 Å². The molecule has 3 heterocycles. The molecule has 2 aliphatic rings. The predicted molar refractivity (Wildman–Crippen MR) is 82.0 cm³/mol. The molecule has 110 valence electrons. The minimum Gasteiger partial charge on any atom is -0.422 e. The Morgan fingerprint density at radius 1 is 1.24 bits per heavy atom. The van der Waals surface area contributed by atoms with E-state index in [9.17, 15) is 9.90 Å². The highest BCUT2D eigenvalue weighted by atomic mass is 16.4. The molecule has 1 N–H and O–H groups in total. The molecule has 4 nitrogen and oxygen atoms in total. The summed E-state index contributed by atoms with van der Waals surface area (Å²) in [5.74, 6) is 0. The van der Waals surface area contributed by atoms with Crippen molar-refractivity contribution in [1.29, 1.82) is 0 Å². The van der Waals surface area contributed by atoms with Crippen LogP contribution in [0.25, 0.3) is 11.0 Å². The lowest BCUT2D eigenvalue weighted by Crippen LogP contribution is -2.34. The van der Waals surface area contributed by atoms with Crippen LogP contribution in [0, 0.1) is 0 Å². The average molecular weight is 285 g/mol. The van der Waals surface area contributed by atoms with Gasteiger partial charge in [0.15, 0.2) is 0 Å². The first-order chi connectivity index (χ1) is 10.1. The van der Waals surface area contributed by atoms with Gasteiger partial charge in [0.05, 0.1) is 11.7 Å². The maximum atomic E-state index is 12.1. The van der Waals surface area contributed by atoms with E-state index in [1.54, 1.807) is 13.0 Å². The summed E-state index contributed by atoms with van der Waals surface area (Å²) in [6, 6.07) is 3.94. The molecule has 2 aliphatic heterocycles. The largest absolute Gasteiger partial charge is 0.422 e. The number of nitrogens with zero attached hydrogens (tertiary/aromatic N) is 1.